The maximum Gasteiger partial charge on any atom is 0.226 e. The predicted octanol–water partition coefficient (Wildman–Crippen LogP) is 2.21. The lowest BCUT2D eigenvalue weighted by molar-refractivity contribution is -0.133. The van der Waals surface area contributed by atoms with Crippen molar-refractivity contribution in [3.63, 3.8) is 0 Å². The first-order chi connectivity index (χ1) is 9.79. The number of hydrogen-bond acceptors (Lipinski definition) is 2. The summed E-state index contributed by atoms with van der Waals surface area (Å²) in [5.41, 5.74) is 0. The van der Waals surface area contributed by atoms with Gasteiger partial charge >= 0.3 is 0 Å². The molecule has 1 amide bonds. The highest BCUT2D eigenvalue weighted by molar-refractivity contribution is 9.09. The summed E-state index contributed by atoms with van der Waals surface area (Å²) in [5.74, 6) is 4.36. The molecule has 4 fully saturated rings. The SMILES string of the molecule is O=C(C1C2C3CCC(C3)C12)N1CCCN(CCBr)CC1. The summed E-state index contributed by atoms with van der Waals surface area (Å²) in [4.78, 5) is 17.5. The molecule has 4 aliphatic rings. The Morgan fingerprint density at radius 2 is 1.80 bits per heavy atom. The molecule has 4 atom stereocenters. The van der Waals surface area contributed by atoms with Crippen LogP contribution in [0.25, 0.3) is 0 Å². The lowest BCUT2D eigenvalue weighted by atomic mass is 10.0. The van der Waals surface area contributed by atoms with Crippen molar-refractivity contribution in [2.24, 2.45) is 29.6 Å². The van der Waals surface area contributed by atoms with Crippen LogP contribution in [-0.2, 0) is 4.79 Å². The van der Waals surface area contributed by atoms with Gasteiger partial charge in [-0.05, 0) is 55.9 Å². The molecule has 4 unspecified atom stereocenters. The molecule has 0 aromatic rings. The van der Waals surface area contributed by atoms with Crippen molar-refractivity contribution < 1.29 is 4.79 Å². The summed E-state index contributed by atoms with van der Waals surface area (Å²) in [6.45, 7) is 5.27. The van der Waals surface area contributed by atoms with Gasteiger partial charge in [-0.15, -0.1) is 0 Å². The molecule has 3 aliphatic carbocycles. The highest BCUT2D eigenvalue weighted by atomic mass is 79.9. The molecule has 1 aliphatic heterocycles. The van der Waals surface area contributed by atoms with E-state index in [1.165, 1.54) is 19.3 Å². The van der Waals surface area contributed by atoms with Gasteiger partial charge in [-0.3, -0.25) is 4.79 Å². The zero-order valence-electron chi connectivity index (χ0n) is 12.1. The molecule has 112 valence electrons. The first kappa shape index (κ1) is 13.6. The average Bonchev–Trinajstić information content (AvgIpc) is 3.01. The van der Waals surface area contributed by atoms with Crippen molar-refractivity contribution in [3.05, 3.63) is 0 Å². The smallest absolute Gasteiger partial charge is 0.226 e. The van der Waals surface area contributed by atoms with Crippen molar-refractivity contribution in [2.75, 3.05) is 38.1 Å². The second-order valence-corrected chi connectivity index (χ2v) is 8.02. The zero-order chi connectivity index (χ0) is 13.7. The first-order valence-electron chi connectivity index (χ1n) is 8.36. The van der Waals surface area contributed by atoms with Crippen molar-refractivity contribution in [1.29, 1.82) is 0 Å². The number of hydrogen-bond donors (Lipinski definition) is 0. The van der Waals surface area contributed by atoms with Crippen LogP contribution in [0.5, 0.6) is 0 Å². The Hall–Kier alpha value is -0.0900. The van der Waals surface area contributed by atoms with E-state index in [2.05, 4.69) is 25.7 Å². The summed E-state index contributed by atoms with van der Waals surface area (Å²) in [6, 6.07) is 0. The maximum atomic E-state index is 12.8. The van der Waals surface area contributed by atoms with Gasteiger partial charge in [0.1, 0.15) is 0 Å². The van der Waals surface area contributed by atoms with E-state index >= 15 is 0 Å². The largest absolute Gasteiger partial charge is 0.341 e. The minimum atomic E-state index is 0.434. The van der Waals surface area contributed by atoms with Crippen LogP contribution in [0.15, 0.2) is 0 Å². The Bertz CT molecular complexity index is 386. The Morgan fingerprint density at radius 3 is 2.50 bits per heavy atom. The molecule has 4 heteroatoms. The van der Waals surface area contributed by atoms with Gasteiger partial charge in [0, 0.05) is 37.4 Å². The van der Waals surface area contributed by atoms with Crippen molar-refractivity contribution in [3.8, 4) is 0 Å². The van der Waals surface area contributed by atoms with E-state index in [1.54, 1.807) is 0 Å². The summed E-state index contributed by atoms with van der Waals surface area (Å²) < 4.78 is 0. The third kappa shape index (κ3) is 2.14. The monoisotopic (exact) mass is 340 g/mol. The number of nitrogens with zero attached hydrogens (tertiary/aromatic N) is 2. The minimum Gasteiger partial charge on any atom is -0.341 e. The number of carbonyl (C=O) groups is 1. The van der Waals surface area contributed by atoms with Crippen molar-refractivity contribution in [1.82, 2.24) is 9.80 Å². The van der Waals surface area contributed by atoms with E-state index in [9.17, 15) is 4.79 Å². The van der Waals surface area contributed by atoms with Gasteiger partial charge in [0.15, 0.2) is 0 Å². The highest BCUT2D eigenvalue weighted by Gasteiger charge is 2.67. The third-order valence-electron chi connectivity index (χ3n) is 6.32. The van der Waals surface area contributed by atoms with Crippen LogP contribution < -0.4 is 0 Å². The third-order valence-corrected chi connectivity index (χ3v) is 6.68. The maximum absolute atomic E-state index is 12.8. The molecule has 1 heterocycles. The summed E-state index contributed by atoms with van der Waals surface area (Å²) >= 11 is 3.52. The van der Waals surface area contributed by atoms with E-state index in [4.69, 9.17) is 0 Å². The number of carbonyl (C=O) groups excluding carboxylic acids is 1. The summed E-state index contributed by atoms with van der Waals surface area (Å²) in [7, 11) is 0. The van der Waals surface area contributed by atoms with Gasteiger partial charge < -0.3 is 9.80 Å². The molecule has 2 bridgehead atoms. The Kier molecular flexibility index (Phi) is 3.58. The Balaban J connectivity index is 1.36. The van der Waals surface area contributed by atoms with Crippen molar-refractivity contribution >= 4 is 21.8 Å². The Morgan fingerprint density at radius 1 is 1.05 bits per heavy atom. The molecule has 0 radical (unpaired) electrons. The number of rotatable bonds is 3. The van der Waals surface area contributed by atoms with Gasteiger partial charge in [0.2, 0.25) is 5.91 Å². The molecule has 0 N–H and O–H groups in total. The van der Waals surface area contributed by atoms with E-state index in [0.29, 0.717) is 11.8 Å². The molecular formula is C16H25BrN2O. The lowest BCUT2D eigenvalue weighted by Crippen LogP contribution is -2.37. The average molecular weight is 341 g/mol. The van der Waals surface area contributed by atoms with Crippen LogP contribution in [0.1, 0.15) is 25.7 Å². The molecular weight excluding hydrogens is 316 g/mol. The van der Waals surface area contributed by atoms with Gasteiger partial charge in [-0.25, -0.2) is 0 Å². The Labute approximate surface area is 130 Å². The normalized spacial score (nSPS) is 43.5. The summed E-state index contributed by atoms with van der Waals surface area (Å²) in [5, 5.41) is 1.04. The fourth-order valence-electron chi connectivity index (χ4n) is 5.40. The predicted molar refractivity (Wildman–Crippen MR) is 82.7 cm³/mol. The molecule has 0 aromatic carbocycles. The van der Waals surface area contributed by atoms with Gasteiger partial charge in [0.05, 0.1) is 0 Å². The molecule has 20 heavy (non-hydrogen) atoms. The van der Waals surface area contributed by atoms with Crippen LogP contribution >= 0.6 is 15.9 Å². The molecule has 3 nitrogen and oxygen atoms in total. The lowest BCUT2D eigenvalue weighted by Gasteiger charge is -2.23. The summed E-state index contributed by atoms with van der Waals surface area (Å²) in [6.07, 6.45) is 5.41. The van der Waals surface area contributed by atoms with Gasteiger partial charge in [-0.1, -0.05) is 15.9 Å². The standard InChI is InChI=1S/C16H25BrN2O/c17-4-7-18-5-1-6-19(9-8-18)16(20)15-13-11-2-3-12(10-11)14(13)15/h11-15H,1-10H2. The second kappa shape index (κ2) is 5.28. The van der Waals surface area contributed by atoms with Gasteiger partial charge in [0.25, 0.3) is 0 Å². The van der Waals surface area contributed by atoms with Crippen LogP contribution in [0.2, 0.25) is 0 Å². The van der Waals surface area contributed by atoms with E-state index < -0.39 is 0 Å². The number of amides is 1. The quantitative estimate of drug-likeness (QED) is 0.735. The van der Waals surface area contributed by atoms with Crippen LogP contribution in [0.4, 0.5) is 0 Å². The van der Waals surface area contributed by atoms with Crippen LogP contribution in [0, 0.1) is 29.6 Å². The highest BCUT2D eigenvalue weighted by Crippen LogP contribution is 2.69. The molecule has 4 rings (SSSR count). The molecule has 0 aromatic heterocycles. The van der Waals surface area contributed by atoms with Crippen LogP contribution in [-0.4, -0.2) is 53.8 Å². The fraction of sp³-hybridized carbons (Fsp3) is 0.938. The number of halogens is 1. The fourth-order valence-corrected chi connectivity index (χ4v) is 5.90. The molecule has 1 saturated heterocycles. The minimum absolute atomic E-state index is 0.434. The van der Waals surface area contributed by atoms with Crippen molar-refractivity contribution in [2.45, 2.75) is 25.7 Å². The van der Waals surface area contributed by atoms with E-state index in [1.807, 2.05) is 0 Å². The van der Waals surface area contributed by atoms with Gasteiger partial charge in [-0.2, -0.15) is 0 Å². The second-order valence-electron chi connectivity index (χ2n) is 7.22. The van der Waals surface area contributed by atoms with E-state index in [0.717, 1.165) is 68.1 Å². The molecule has 3 saturated carbocycles. The zero-order valence-corrected chi connectivity index (χ0v) is 13.7. The topological polar surface area (TPSA) is 23.6 Å². The molecule has 0 spiro atoms. The van der Waals surface area contributed by atoms with Crippen LogP contribution in [0.3, 0.4) is 0 Å². The number of fused-ring (bicyclic) bond motifs is 5. The first-order valence-corrected chi connectivity index (χ1v) is 9.49. The number of alkyl halides is 1. The van der Waals surface area contributed by atoms with E-state index in [-0.39, 0.29) is 0 Å².